The highest BCUT2D eigenvalue weighted by atomic mass is 32.2. The molecule has 21 heavy (non-hydrogen) atoms. The SMILES string of the molecule is CC(CN1CCCC1)NS(=O)(=O)c1cc(CO)ccc1F. The molecule has 0 aliphatic carbocycles. The molecule has 0 saturated carbocycles. The van der Waals surface area contributed by atoms with Crippen molar-refractivity contribution < 1.29 is 17.9 Å². The van der Waals surface area contributed by atoms with Gasteiger partial charge in [0.2, 0.25) is 10.0 Å². The summed E-state index contributed by atoms with van der Waals surface area (Å²) in [7, 11) is -3.93. The first kappa shape index (κ1) is 16.4. The van der Waals surface area contributed by atoms with Crippen molar-refractivity contribution in [1.82, 2.24) is 9.62 Å². The molecule has 1 aliphatic rings. The Balaban J connectivity index is 2.10. The molecule has 0 bridgehead atoms. The predicted molar refractivity (Wildman–Crippen MR) is 77.8 cm³/mol. The zero-order valence-corrected chi connectivity index (χ0v) is 12.9. The molecule has 1 aliphatic heterocycles. The lowest BCUT2D eigenvalue weighted by Crippen LogP contribution is -2.41. The van der Waals surface area contributed by atoms with Crippen LogP contribution in [0.25, 0.3) is 0 Å². The Morgan fingerprint density at radius 3 is 2.67 bits per heavy atom. The van der Waals surface area contributed by atoms with Gasteiger partial charge in [-0.05, 0) is 50.6 Å². The van der Waals surface area contributed by atoms with E-state index in [1.54, 1.807) is 6.92 Å². The summed E-state index contributed by atoms with van der Waals surface area (Å²) < 4.78 is 40.8. The molecule has 1 aromatic carbocycles. The molecule has 0 spiro atoms. The van der Waals surface area contributed by atoms with Crippen LogP contribution in [-0.4, -0.2) is 44.1 Å². The number of hydrogen-bond acceptors (Lipinski definition) is 4. The van der Waals surface area contributed by atoms with E-state index in [1.165, 1.54) is 12.1 Å². The molecule has 1 saturated heterocycles. The first-order chi connectivity index (χ1) is 9.92. The van der Waals surface area contributed by atoms with Crippen molar-refractivity contribution >= 4 is 10.0 Å². The van der Waals surface area contributed by atoms with E-state index in [4.69, 9.17) is 5.11 Å². The summed E-state index contributed by atoms with van der Waals surface area (Å²) in [5, 5.41) is 9.05. The third kappa shape index (κ3) is 4.23. The third-order valence-electron chi connectivity index (χ3n) is 3.55. The molecule has 5 nitrogen and oxygen atoms in total. The number of nitrogens with one attached hydrogen (secondary N) is 1. The fourth-order valence-corrected chi connectivity index (χ4v) is 3.93. The van der Waals surface area contributed by atoms with E-state index in [2.05, 4.69) is 9.62 Å². The lowest BCUT2D eigenvalue weighted by Gasteiger charge is -2.21. The number of benzene rings is 1. The van der Waals surface area contributed by atoms with Gasteiger partial charge in [0.05, 0.1) is 6.61 Å². The standard InChI is InChI=1S/C14H21FN2O3S/c1-11(9-17-6-2-3-7-17)16-21(19,20)14-8-12(10-18)4-5-13(14)15/h4-5,8,11,16,18H,2-3,6-7,9-10H2,1H3. The zero-order valence-electron chi connectivity index (χ0n) is 12.0. The number of nitrogens with zero attached hydrogens (tertiary/aromatic N) is 1. The number of aliphatic hydroxyl groups excluding tert-OH is 1. The summed E-state index contributed by atoms with van der Waals surface area (Å²) in [5.74, 6) is -0.812. The van der Waals surface area contributed by atoms with Gasteiger partial charge < -0.3 is 10.0 Å². The van der Waals surface area contributed by atoms with Gasteiger partial charge in [-0.15, -0.1) is 0 Å². The zero-order chi connectivity index (χ0) is 15.5. The van der Waals surface area contributed by atoms with Crippen LogP contribution in [0, 0.1) is 5.82 Å². The van der Waals surface area contributed by atoms with Crippen molar-refractivity contribution in [1.29, 1.82) is 0 Å². The smallest absolute Gasteiger partial charge is 0.243 e. The number of likely N-dealkylation sites (tertiary alicyclic amines) is 1. The predicted octanol–water partition coefficient (Wildman–Crippen LogP) is 1.08. The van der Waals surface area contributed by atoms with E-state index in [9.17, 15) is 12.8 Å². The maximum atomic E-state index is 13.7. The average molecular weight is 316 g/mol. The van der Waals surface area contributed by atoms with Gasteiger partial charge in [0.15, 0.2) is 0 Å². The van der Waals surface area contributed by atoms with E-state index >= 15 is 0 Å². The van der Waals surface area contributed by atoms with Gasteiger partial charge in [-0.3, -0.25) is 0 Å². The summed E-state index contributed by atoms with van der Waals surface area (Å²) >= 11 is 0. The lowest BCUT2D eigenvalue weighted by atomic mass is 10.2. The van der Waals surface area contributed by atoms with Crippen molar-refractivity contribution in [3.05, 3.63) is 29.6 Å². The van der Waals surface area contributed by atoms with E-state index in [0.717, 1.165) is 32.0 Å². The van der Waals surface area contributed by atoms with Gasteiger partial charge >= 0.3 is 0 Å². The topological polar surface area (TPSA) is 69.6 Å². The molecule has 0 radical (unpaired) electrons. The summed E-state index contributed by atoms with van der Waals surface area (Å²) in [6, 6.07) is 3.29. The maximum Gasteiger partial charge on any atom is 0.243 e. The molecule has 7 heteroatoms. The molecular weight excluding hydrogens is 295 g/mol. The second-order valence-corrected chi connectivity index (χ2v) is 7.14. The Hall–Kier alpha value is -1.02. The van der Waals surface area contributed by atoms with Crippen molar-refractivity contribution in [3.63, 3.8) is 0 Å². The minimum absolute atomic E-state index is 0.301. The van der Waals surface area contributed by atoms with Crippen LogP contribution in [0.1, 0.15) is 25.3 Å². The molecule has 1 heterocycles. The molecule has 2 rings (SSSR count). The van der Waals surface area contributed by atoms with Crippen LogP contribution in [0.2, 0.25) is 0 Å². The van der Waals surface area contributed by atoms with E-state index in [0.29, 0.717) is 12.1 Å². The van der Waals surface area contributed by atoms with Crippen LogP contribution in [0.4, 0.5) is 4.39 Å². The van der Waals surface area contributed by atoms with Gasteiger partial charge in [-0.25, -0.2) is 17.5 Å². The number of halogens is 1. The summed E-state index contributed by atoms with van der Waals surface area (Å²) in [6.07, 6.45) is 2.26. The maximum absolute atomic E-state index is 13.7. The van der Waals surface area contributed by atoms with Crippen molar-refractivity contribution in [2.45, 2.75) is 37.3 Å². The van der Waals surface area contributed by atoms with Crippen LogP contribution < -0.4 is 4.72 Å². The highest BCUT2D eigenvalue weighted by molar-refractivity contribution is 7.89. The number of rotatable bonds is 6. The van der Waals surface area contributed by atoms with Gasteiger partial charge in [-0.1, -0.05) is 6.07 Å². The Bertz CT molecular complexity index is 586. The minimum Gasteiger partial charge on any atom is -0.392 e. The monoisotopic (exact) mass is 316 g/mol. The highest BCUT2D eigenvalue weighted by Gasteiger charge is 2.23. The quantitative estimate of drug-likeness (QED) is 0.824. The van der Waals surface area contributed by atoms with Gasteiger partial charge in [0, 0.05) is 12.6 Å². The second-order valence-electron chi connectivity index (χ2n) is 5.45. The average Bonchev–Trinajstić information content (AvgIpc) is 2.91. The van der Waals surface area contributed by atoms with Crippen LogP contribution in [0.3, 0.4) is 0 Å². The van der Waals surface area contributed by atoms with Gasteiger partial charge in [-0.2, -0.15) is 0 Å². The minimum atomic E-state index is -3.93. The fraction of sp³-hybridized carbons (Fsp3) is 0.571. The molecule has 1 unspecified atom stereocenters. The molecule has 1 fully saturated rings. The first-order valence-corrected chi connectivity index (χ1v) is 8.54. The lowest BCUT2D eigenvalue weighted by molar-refractivity contribution is 0.281. The molecular formula is C14H21FN2O3S. The van der Waals surface area contributed by atoms with Gasteiger partial charge in [0.1, 0.15) is 10.7 Å². The summed E-state index contributed by atoms with van der Waals surface area (Å²) in [6.45, 7) is 4.00. The van der Waals surface area contributed by atoms with Crippen LogP contribution in [-0.2, 0) is 16.6 Å². The summed E-state index contributed by atoms with van der Waals surface area (Å²) in [4.78, 5) is 1.77. The largest absolute Gasteiger partial charge is 0.392 e. The van der Waals surface area contributed by atoms with Gasteiger partial charge in [0.25, 0.3) is 0 Å². The van der Waals surface area contributed by atoms with E-state index in [-0.39, 0.29) is 12.6 Å². The van der Waals surface area contributed by atoms with E-state index < -0.39 is 20.7 Å². The van der Waals surface area contributed by atoms with Crippen LogP contribution >= 0.6 is 0 Å². The number of aliphatic hydroxyl groups is 1. The number of sulfonamides is 1. The Labute approximate surface area is 124 Å². The Kier molecular flexibility index (Phi) is 5.32. The number of hydrogen-bond donors (Lipinski definition) is 2. The molecule has 1 atom stereocenters. The molecule has 0 aromatic heterocycles. The normalized spacial score (nSPS) is 18.0. The Morgan fingerprint density at radius 1 is 1.38 bits per heavy atom. The molecule has 2 N–H and O–H groups in total. The molecule has 1 aromatic rings. The highest BCUT2D eigenvalue weighted by Crippen LogP contribution is 2.17. The Morgan fingerprint density at radius 2 is 2.05 bits per heavy atom. The van der Waals surface area contributed by atoms with Crippen LogP contribution in [0.5, 0.6) is 0 Å². The first-order valence-electron chi connectivity index (χ1n) is 7.06. The van der Waals surface area contributed by atoms with Crippen molar-refractivity contribution in [2.24, 2.45) is 0 Å². The summed E-state index contributed by atoms with van der Waals surface area (Å²) in [5.41, 5.74) is 0.365. The fourth-order valence-electron chi connectivity index (χ4n) is 2.57. The van der Waals surface area contributed by atoms with Crippen molar-refractivity contribution in [2.75, 3.05) is 19.6 Å². The molecule has 0 amide bonds. The third-order valence-corrected chi connectivity index (χ3v) is 5.16. The van der Waals surface area contributed by atoms with Crippen LogP contribution in [0.15, 0.2) is 23.1 Å². The second kappa shape index (κ2) is 6.83. The van der Waals surface area contributed by atoms with Crippen molar-refractivity contribution in [3.8, 4) is 0 Å². The molecule has 118 valence electrons. The van der Waals surface area contributed by atoms with E-state index in [1.807, 2.05) is 0 Å².